The second kappa shape index (κ2) is 3.92. The number of hydrogen-bond donors (Lipinski definition) is 1. The Morgan fingerprint density at radius 3 is 2.65 bits per heavy atom. The molecule has 0 radical (unpaired) electrons. The molecule has 5 nitrogen and oxygen atoms in total. The Morgan fingerprint density at radius 2 is 2.00 bits per heavy atom. The maximum atomic E-state index is 12.0. The van der Waals surface area contributed by atoms with Crippen molar-refractivity contribution in [1.82, 2.24) is 5.01 Å². The van der Waals surface area contributed by atoms with Gasteiger partial charge in [-0.05, 0) is 31.5 Å². The van der Waals surface area contributed by atoms with Crippen LogP contribution in [0.5, 0.6) is 11.5 Å². The number of nitrogens with zero attached hydrogens (tertiary/aromatic N) is 1. The van der Waals surface area contributed by atoms with Crippen LogP contribution in [-0.4, -0.2) is 24.8 Å². The Morgan fingerprint density at radius 1 is 1.35 bits per heavy atom. The largest absolute Gasteiger partial charge is 0.454 e. The quantitative estimate of drug-likeness (QED) is 0.473. The summed E-state index contributed by atoms with van der Waals surface area (Å²) >= 11 is 0. The Labute approximate surface area is 100 Å². The van der Waals surface area contributed by atoms with Crippen molar-refractivity contribution in [2.45, 2.75) is 19.3 Å². The minimum absolute atomic E-state index is 0.156. The van der Waals surface area contributed by atoms with E-state index in [-0.39, 0.29) is 12.7 Å². The molecule has 17 heavy (non-hydrogen) atoms. The molecule has 0 aromatic heterocycles. The standard InChI is InChI=1S/C12H16N2O3/c1-12(2,11(15)14(3)13)8-4-5-9-10(6-8)17-7-16-9/h4-6H,7,13H2,1-3H3. The van der Waals surface area contributed by atoms with Gasteiger partial charge in [0.25, 0.3) is 0 Å². The van der Waals surface area contributed by atoms with Crippen molar-refractivity contribution in [2.24, 2.45) is 5.84 Å². The molecule has 0 atom stereocenters. The van der Waals surface area contributed by atoms with E-state index in [4.69, 9.17) is 15.3 Å². The van der Waals surface area contributed by atoms with Crippen LogP contribution in [0.25, 0.3) is 0 Å². The summed E-state index contributed by atoms with van der Waals surface area (Å²) in [5.41, 5.74) is 0.161. The van der Waals surface area contributed by atoms with Gasteiger partial charge in [0, 0.05) is 7.05 Å². The molecule has 0 bridgehead atoms. The maximum absolute atomic E-state index is 12.0. The molecular weight excluding hydrogens is 220 g/mol. The van der Waals surface area contributed by atoms with E-state index in [0.717, 1.165) is 10.6 Å². The predicted octanol–water partition coefficient (Wildman–Crippen LogP) is 1.02. The summed E-state index contributed by atoms with van der Waals surface area (Å²) in [6, 6.07) is 5.49. The summed E-state index contributed by atoms with van der Waals surface area (Å²) < 4.78 is 10.5. The molecule has 1 aromatic carbocycles. The normalized spacial score (nSPS) is 13.6. The van der Waals surface area contributed by atoms with Crippen LogP contribution >= 0.6 is 0 Å². The highest BCUT2D eigenvalue weighted by molar-refractivity contribution is 5.87. The fourth-order valence-corrected chi connectivity index (χ4v) is 1.85. The highest BCUT2D eigenvalue weighted by atomic mass is 16.7. The molecule has 5 heteroatoms. The minimum Gasteiger partial charge on any atom is -0.454 e. The first-order chi connectivity index (χ1) is 7.93. The number of amides is 1. The molecular formula is C12H16N2O3. The molecule has 92 valence electrons. The van der Waals surface area contributed by atoms with Gasteiger partial charge in [-0.2, -0.15) is 0 Å². The SMILES string of the molecule is CN(N)C(=O)C(C)(C)c1ccc2c(c1)OCO2. The number of fused-ring (bicyclic) bond motifs is 1. The summed E-state index contributed by atoms with van der Waals surface area (Å²) in [6.07, 6.45) is 0. The number of hydrazine groups is 1. The van der Waals surface area contributed by atoms with Gasteiger partial charge in [0.2, 0.25) is 12.7 Å². The lowest BCUT2D eigenvalue weighted by molar-refractivity contribution is -0.135. The molecule has 0 spiro atoms. The van der Waals surface area contributed by atoms with Gasteiger partial charge in [0.05, 0.1) is 5.41 Å². The average Bonchev–Trinajstić information content (AvgIpc) is 2.74. The van der Waals surface area contributed by atoms with Crippen LogP contribution in [0.3, 0.4) is 0 Å². The van der Waals surface area contributed by atoms with Crippen molar-refractivity contribution in [3.63, 3.8) is 0 Å². The number of benzene rings is 1. The Bertz CT molecular complexity index is 455. The van der Waals surface area contributed by atoms with Crippen LogP contribution in [-0.2, 0) is 10.2 Å². The number of carbonyl (C=O) groups is 1. The molecule has 1 aromatic rings. The van der Waals surface area contributed by atoms with E-state index in [1.807, 2.05) is 32.0 Å². The van der Waals surface area contributed by atoms with Crippen molar-refractivity contribution >= 4 is 5.91 Å². The first-order valence-corrected chi connectivity index (χ1v) is 5.36. The molecule has 1 aliphatic rings. The molecule has 1 aliphatic heterocycles. The molecule has 1 heterocycles. The molecule has 0 saturated heterocycles. The van der Waals surface area contributed by atoms with Crippen molar-refractivity contribution in [1.29, 1.82) is 0 Å². The Balaban J connectivity index is 2.37. The zero-order valence-electron chi connectivity index (χ0n) is 10.2. The molecule has 2 rings (SSSR count). The average molecular weight is 236 g/mol. The number of likely N-dealkylation sites (N-methyl/N-ethyl adjacent to an activating group) is 1. The van der Waals surface area contributed by atoms with Crippen molar-refractivity contribution in [2.75, 3.05) is 13.8 Å². The summed E-state index contributed by atoms with van der Waals surface area (Å²) in [7, 11) is 1.54. The Kier molecular flexibility index (Phi) is 2.71. The fraction of sp³-hybridized carbons (Fsp3) is 0.417. The monoisotopic (exact) mass is 236 g/mol. The van der Waals surface area contributed by atoms with Gasteiger partial charge < -0.3 is 9.47 Å². The molecule has 1 amide bonds. The van der Waals surface area contributed by atoms with Gasteiger partial charge in [-0.3, -0.25) is 9.80 Å². The molecule has 2 N–H and O–H groups in total. The summed E-state index contributed by atoms with van der Waals surface area (Å²) in [6.45, 7) is 3.89. The van der Waals surface area contributed by atoms with Gasteiger partial charge in [0.15, 0.2) is 11.5 Å². The van der Waals surface area contributed by atoms with E-state index in [2.05, 4.69) is 0 Å². The highest BCUT2D eigenvalue weighted by Gasteiger charge is 2.32. The number of nitrogens with two attached hydrogens (primary N) is 1. The third-order valence-corrected chi connectivity index (χ3v) is 2.95. The van der Waals surface area contributed by atoms with E-state index in [1.165, 1.54) is 7.05 Å². The Hall–Kier alpha value is -1.75. The lowest BCUT2D eigenvalue weighted by Crippen LogP contribution is -2.44. The lowest BCUT2D eigenvalue weighted by Gasteiger charge is -2.27. The van der Waals surface area contributed by atoms with Gasteiger partial charge in [-0.15, -0.1) is 0 Å². The van der Waals surface area contributed by atoms with E-state index in [0.29, 0.717) is 11.5 Å². The second-order valence-electron chi connectivity index (χ2n) is 4.61. The van der Waals surface area contributed by atoms with Crippen molar-refractivity contribution in [3.05, 3.63) is 23.8 Å². The third-order valence-electron chi connectivity index (χ3n) is 2.95. The van der Waals surface area contributed by atoms with Crippen LogP contribution in [0.15, 0.2) is 18.2 Å². The van der Waals surface area contributed by atoms with E-state index in [9.17, 15) is 4.79 Å². The zero-order valence-corrected chi connectivity index (χ0v) is 10.2. The van der Waals surface area contributed by atoms with Crippen molar-refractivity contribution in [3.8, 4) is 11.5 Å². The second-order valence-corrected chi connectivity index (χ2v) is 4.61. The number of hydrogen-bond acceptors (Lipinski definition) is 4. The minimum atomic E-state index is -0.690. The first-order valence-electron chi connectivity index (χ1n) is 5.36. The molecule has 0 aliphatic carbocycles. The van der Waals surface area contributed by atoms with Crippen molar-refractivity contribution < 1.29 is 14.3 Å². The van der Waals surface area contributed by atoms with Gasteiger partial charge in [-0.1, -0.05) is 6.07 Å². The molecule has 0 saturated carbocycles. The summed E-state index contributed by atoms with van der Waals surface area (Å²) in [5.74, 6) is 6.72. The summed E-state index contributed by atoms with van der Waals surface area (Å²) in [5, 5.41) is 1.10. The van der Waals surface area contributed by atoms with Crippen LogP contribution in [0, 0.1) is 0 Å². The molecule has 0 unspecified atom stereocenters. The zero-order chi connectivity index (χ0) is 12.6. The lowest BCUT2D eigenvalue weighted by atomic mass is 9.83. The van der Waals surface area contributed by atoms with Gasteiger partial charge in [-0.25, -0.2) is 5.84 Å². The van der Waals surface area contributed by atoms with Crippen LogP contribution in [0.4, 0.5) is 0 Å². The number of ether oxygens (including phenoxy) is 2. The number of carbonyl (C=O) groups excluding carboxylic acids is 1. The molecule has 0 fully saturated rings. The first kappa shape index (κ1) is 11.7. The third kappa shape index (κ3) is 1.93. The van der Waals surface area contributed by atoms with Gasteiger partial charge >= 0.3 is 0 Å². The van der Waals surface area contributed by atoms with Gasteiger partial charge in [0.1, 0.15) is 0 Å². The van der Waals surface area contributed by atoms with E-state index in [1.54, 1.807) is 0 Å². The topological polar surface area (TPSA) is 64.8 Å². The smallest absolute Gasteiger partial charge is 0.246 e. The highest BCUT2D eigenvalue weighted by Crippen LogP contribution is 2.36. The number of rotatable bonds is 2. The van der Waals surface area contributed by atoms with Crippen LogP contribution < -0.4 is 15.3 Å². The fourth-order valence-electron chi connectivity index (χ4n) is 1.85. The van der Waals surface area contributed by atoms with E-state index < -0.39 is 5.41 Å². The predicted molar refractivity (Wildman–Crippen MR) is 62.5 cm³/mol. The maximum Gasteiger partial charge on any atom is 0.246 e. The van der Waals surface area contributed by atoms with E-state index >= 15 is 0 Å². The van der Waals surface area contributed by atoms with Crippen LogP contribution in [0.1, 0.15) is 19.4 Å². The summed E-state index contributed by atoms with van der Waals surface area (Å²) in [4.78, 5) is 12.0. The van der Waals surface area contributed by atoms with Crippen LogP contribution in [0.2, 0.25) is 0 Å².